The van der Waals surface area contributed by atoms with Gasteiger partial charge < -0.3 is 4.74 Å². The van der Waals surface area contributed by atoms with E-state index in [1.54, 1.807) is 17.7 Å². The zero-order valence-corrected chi connectivity index (χ0v) is 18.0. The number of hydrogen-bond donors (Lipinski definition) is 1. The van der Waals surface area contributed by atoms with Crippen LogP contribution in [-0.4, -0.2) is 22.4 Å². The molecule has 1 heterocycles. The molecular weight excluding hydrogens is 388 g/mol. The lowest BCUT2D eigenvalue weighted by molar-refractivity contribution is 0.414. The Morgan fingerprint density at radius 1 is 1.00 bits per heavy atom. The van der Waals surface area contributed by atoms with Crippen LogP contribution in [0, 0.1) is 13.8 Å². The molecule has 3 aromatic carbocycles. The highest BCUT2D eigenvalue weighted by atomic mass is 16.5. The van der Waals surface area contributed by atoms with Crippen LogP contribution in [0.25, 0.3) is 16.6 Å². The van der Waals surface area contributed by atoms with Crippen molar-refractivity contribution in [3.8, 4) is 11.4 Å². The predicted octanol–water partition coefficient (Wildman–Crippen LogP) is 4.85. The van der Waals surface area contributed by atoms with Crippen molar-refractivity contribution < 1.29 is 4.74 Å². The summed E-state index contributed by atoms with van der Waals surface area (Å²) in [5.74, 6) is 1.08. The maximum Gasteiger partial charge on any atom is 0.267 e. The number of aryl methyl sites for hydroxylation is 1. The van der Waals surface area contributed by atoms with Crippen LogP contribution in [0.2, 0.25) is 0 Å². The first-order valence-electron chi connectivity index (χ1n) is 10.0. The highest BCUT2D eigenvalue weighted by Crippen LogP contribution is 2.22. The van der Waals surface area contributed by atoms with Gasteiger partial charge in [-0.05, 0) is 62.2 Å². The lowest BCUT2D eigenvalue weighted by atomic mass is 10.1. The normalized spacial score (nSPS) is 11.5. The van der Waals surface area contributed by atoms with Crippen LogP contribution in [0.4, 0.5) is 5.95 Å². The van der Waals surface area contributed by atoms with E-state index in [9.17, 15) is 4.79 Å². The summed E-state index contributed by atoms with van der Waals surface area (Å²) < 4.78 is 7.02. The van der Waals surface area contributed by atoms with Crippen LogP contribution < -0.4 is 15.7 Å². The van der Waals surface area contributed by atoms with Crippen molar-refractivity contribution in [3.63, 3.8) is 0 Å². The third kappa shape index (κ3) is 3.80. The fourth-order valence-electron chi connectivity index (χ4n) is 3.55. The molecule has 0 spiro atoms. The van der Waals surface area contributed by atoms with Gasteiger partial charge >= 0.3 is 0 Å². The van der Waals surface area contributed by atoms with Gasteiger partial charge in [-0.15, -0.1) is 0 Å². The third-order valence-corrected chi connectivity index (χ3v) is 5.41. The number of hydrazone groups is 1. The maximum atomic E-state index is 13.4. The first kappa shape index (κ1) is 20.3. The number of methoxy groups -OCH3 is 1. The van der Waals surface area contributed by atoms with Gasteiger partial charge in [0.2, 0.25) is 5.95 Å². The third-order valence-electron chi connectivity index (χ3n) is 5.41. The van der Waals surface area contributed by atoms with E-state index in [1.165, 1.54) is 0 Å². The van der Waals surface area contributed by atoms with Crippen molar-refractivity contribution in [2.24, 2.45) is 5.10 Å². The molecular formula is C25H24N4O2. The standard InChI is InChI=1S/C25H24N4O2/c1-16-10-9-14-22(17(16)2)29-24(30)20-12-5-7-13-21(20)26-25(29)28-27-18(3)19-11-6-8-15-23(19)31-4/h5-15H,1-4H3,(H,26,28)/b27-18-. The fraction of sp³-hybridized carbons (Fsp3) is 0.160. The number of nitrogens with one attached hydrogen (secondary N) is 1. The molecule has 0 fully saturated rings. The van der Waals surface area contributed by atoms with Gasteiger partial charge in [0.25, 0.3) is 5.56 Å². The number of rotatable bonds is 5. The van der Waals surface area contributed by atoms with Crippen molar-refractivity contribution in [2.45, 2.75) is 20.8 Å². The van der Waals surface area contributed by atoms with Crippen molar-refractivity contribution >= 4 is 22.6 Å². The minimum absolute atomic E-state index is 0.146. The van der Waals surface area contributed by atoms with Gasteiger partial charge in [-0.3, -0.25) is 4.79 Å². The van der Waals surface area contributed by atoms with E-state index in [0.29, 0.717) is 22.6 Å². The molecule has 31 heavy (non-hydrogen) atoms. The molecule has 6 nitrogen and oxygen atoms in total. The first-order valence-corrected chi connectivity index (χ1v) is 10.0. The Labute approximate surface area is 180 Å². The predicted molar refractivity (Wildman–Crippen MR) is 126 cm³/mol. The van der Waals surface area contributed by atoms with Gasteiger partial charge in [0.05, 0.1) is 29.4 Å². The number of ether oxygens (including phenoxy) is 1. The molecule has 0 bridgehead atoms. The summed E-state index contributed by atoms with van der Waals surface area (Å²) in [4.78, 5) is 18.1. The Balaban J connectivity index is 1.89. The molecule has 0 saturated heterocycles. The largest absolute Gasteiger partial charge is 0.496 e. The monoisotopic (exact) mass is 412 g/mol. The highest BCUT2D eigenvalue weighted by Gasteiger charge is 2.15. The lowest BCUT2D eigenvalue weighted by Gasteiger charge is -2.16. The average molecular weight is 412 g/mol. The second-order valence-electron chi connectivity index (χ2n) is 7.32. The van der Waals surface area contributed by atoms with Crippen molar-refractivity contribution in [1.82, 2.24) is 9.55 Å². The van der Waals surface area contributed by atoms with Crippen LogP contribution >= 0.6 is 0 Å². The molecule has 0 atom stereocenters. The fourth-order valence-corrected chi connectivity index (χ4v) is 3.55. The van der Waals surface area contributed by atoms with E-state index in [0.717, 1.165) is 28.1 Å². The Hall–Kier alpha value is -3.93. The Morgan fingerprint density at radius 3 is 2.55 bits per heavy atom. The minimum atomic E-state index is -0.146. The van der Waals surface area contributed by atoms with Crippen LogP contribution in [0.5, 0.6) is 5.75 Å². The molecule has 6 heteroatoms. The molecule has 0 saturated carbocycles. The molecule has 0 aliphatic rings. The quantitative estimate of drug-likeness (QED) is 0.376. The van der Waals surface area contributed by atoms with E-state index in [4.69, 9.17) is 9.72 Å². The van der Waals surface area contributed by atoms with Gasteiger partial charge in [0.1, 0.15) is 5.75 Å². The molecule has 4 rings (SSSR count). The number of fused-ring (bicyclic) bond motifs is 1. The number of nitrogens with zero attached hydrogens (tertiary/aromatic N) is 3. The summed E-state index contributed by atoms with van der Waals surface area (Å²) in [6.07, 6.45) is 0. The number of benzene rings is 3. The smallest absolute Gasteiger partial charge is 0.267 e. The minimum Gasteiger partial charge on any atom is -0.496 e. The molecule has 1 aromatic heterocycles. The van der Waals surface area contributed by atoms with E-state index < -0.39 is 0 Å². The summed E-state index contributed by atoms with van der Waals surface area (Å²) in [6.45, 7) is 5.90. The summed E-state index contributed by atoms with van der Waals surface area (Å²) >= 11 is 0. The van der Waals surface area contributed by atoms with Crippen LogP contribution in [-0.2, 0) is 0 Å². The molecule has 0 aliphatic carbocycles. The van der Waals surface area contributed by atoms with Crippen LogP contribution in [0.1, 0.15) is 23.6 Å². The van der Waals surface area contributed by atoms with E-state index in [2.05, 4.69) is 10.5 Å². The second-order valence-corrected chi connectivity index (χ2v) is 7.32. The SMILES string of the molecule is COc1ccccc1/C(C)=N\Nc1nc2ccccc2c(=O)n1-c1cccc(C)c1C. The lowest BCUT2D eigenvalue weighted by Crippen LogP contribution is -2.24. The second kappa shape index (κ2) is 8.44. The molecule has 0 unspecified atom stereocenters. The summed E-state index contributed by atoms with van der Waals surface area (Å²) in [5.41, 5.74) is 7.94. The van der Waals surface area contributed by atoms with Crippen molar-refractivity contribution in [1.29, 1.82) is 0 Å². The molecule has 156 valence electrons. The van der Waals surface area contributed by atoms with Crippen LogP contribution in [0.15, 0.2) is 76.6 Å². The van der Waals surface area contributed by atoms with E-state index >= 15 is 0 Å². The van der Waals surface area contributed by atoms with Gasteiger partial charge in [-0.1, -0.05) is 36.4 Å². The highest BCUT2D eigenvalue weighted by molar-refractivity contribution is 6.01. The molecule has 1 N–H and O–H groups in total. The topological polar surface area (TPSA) is 68.5 Å². The van der Waals surface area contributed by atoms with Gasteiger partial charge in [-0.25, -0.2) is 15.0 Å². The summed E-state index contributed by atoms with van der Waals surface area (Å²) in [5, 5.41) is 5.08. The van der Waals surface area contributed by atoms with E-state index in [1.807, 2.05) is 81.4 Å². The number of hydrogen-bond acceptors (Lipinski definition) is 5. The summed E-state index contributed by atoms with van der Waals surface area (Å²) in [6, 6.07) is 20.9. The number of para-hydroxylation sites is 2. The van der Waals surface area contributed by atoms with Gasteiger partial charge in [0, 0.05) is 5.56 Å². The Bertz CT molecular complexity index is 1360. The zero-order chi connectivity index (χ0) is 22.0. The zero-order valence-electron chi connectivity index (χ0n) is 18.0. The number of aromatic nitrogens is 2. The van der Waals surface area contributed by atoms with Gasteiger partial charge in [-0.2, -0.15) is 5.10 Å². The van der Waals surface area contributed by atoms with Crippen molar-refractivity contribution in [3.05, 3.63) is 93.8 Å². The Kier molecular flexibility index (Phi) is 5.54. The maximum absolute atomic E-state index is 13.4. The Morgan fingerprint density at radius 2 is 1.74 bits per heavy atom. The molecule has 0 amide bonds. The first-order chi connectivity index (χ1) is 15.0. The molecule has 0 aliphatic heterocycles. The average Bonchev–Trinajstić information content (AvgIpc) is 2.80. The molecule has 4 aromatic rings. The van der Waals surface area contributed by atoms with E-state index in [-0.39, 0.29) is 5.56 Å². The summed E-state index contributed by atoms with van der Waals surface area (Å²) in [7, 11) is 1.63. The van der Waals surface area contributed by atoms with Gasteiger partial charge in [0.15, 0.2) is 0 Å². The molecule has 0 radical (unpaired) electrons. The van der Waals surface area contributed by atoms with Crippen molar-refractivity contribution in [2.75, 3.05) is 12.5 Å². The number of anilines is 1. The van der Waals surface area contributed by atoms with Crippen LogP contribution in [0.3, 0.4) is 0 Å².